The number of benzene rings is 2. The Kier molecular flexibility index (Phi) is 7.53. The van der Waals surface area contributed by atoms with E-state index in [9.17, 15) is 9.59 Å². The van der Waals surface area contributed by atoms with Crippen LogP contribution in [0, 0.1) is 11.3 Å². The van der Waals surface area contributed by atoms with Gasteiger partial charge in [0.25, 0.3) is 0 Å². The molecule has 0 aliphatic carbocycles. The van der Waals surface area contributed by atoms with Crippen molar-refractivity contribution in [3.63, 3.8) is 0 Å². The van der Waals surface area contributed by atoms with E-state index in [0.29, 0.717) is 44.7 Å². The molecule has 1 aliphatic rings. The maximum atomic E-state index is 13.3. The number of carbonyl (C=O) groups is 2. The van der Waals surface area contributed by atoms with Gasteiger partial charge in [-0.2, -0.15) is 0 Å². The number of piperidine rings is 1. The number of nitrogens with zero attached hydrogens (tertiary/aromatic N) is 1. The molecular weight excluding hydrogens is 384 g/mol. The first kappa shape index (κ1) is 23.1. The fourth-order valence-electron chi connectivity index (χ4n) is 4.40. The van der Waals surface area contributed by atoms with Gasteiger partial charge in [0.1, 0.15) is 0 Å². The zero-order valence-electron chi connectivity index (χ0n) is 19.4. The molecule has 4 nitrogen and oxygen atoms in total. The third-order valence-electron chi connectivity index (χ3n) is 6.16. The predicted molar refractivity (Wildman–Crippen MR) is 127 cm³/mol. The van der Waals surface area contributed by atoms with Gasteiger partial charge in [-0.25, -0.2) is 0 Å². The van der Waals surface area contributed by atoms with Crippen LogP contribution in [0.2, 0.25) is 0 Å². The Morgan fingerprint density at radius 2 is 1.48 bits per heavy atom. The Labute approximate surface area is 187 Å². The highest BCUT2D eigenvalue weighted by molar-refractivity contribution is 5.84. The molecule has 0 radical (unpaired) electrons. The molecule has 0 unspecified atom stereocenters. The molecule has 1 N–H and O–H groups in total. The summed E-state index contributed by atoms with van der Waals surface area (Å²) in [5.41, 5.74) is 3.07. The molecule has 1 fully saturated rings. The van der Waals surface area contributed by atoms with Crippen molar-refractivity contribution in [2.75, 3.05) is 13.1 Å². The minimum Gasteiger partial charge on any atom is -0.353 e. The van der Waals surface area contributed by atoms with Gasteiger partial charge in [-0.05, 0) is 55.7 Å². The van der Waals surface area contributed by atoms with Gasteiger partial charge in [0.05, 0.1) is 5.41 Å². The van der Waals surface area contributed by atoms with Crippen molar-refractivity contribution < 1.29 is 9.59 Å². The number of amides is 2. The third-order valence-corrected chi connectivity index (χ3v) is 6.16. The van der Waals surface area contributed by atoms with Crippen molar-refractivity contribution in [1.82, 2.24) is 10.2 Å². The van der Waals surface area contributed by atoms with E-state index in [2.05, 4.69) is 55.6 Å². The van der Waals surface area contributed by atoms with Gasteiger partial charge in [0.15, 0.2) is 0 Å². The molecule has 1 saturated heterocycles. The minimum absolute atomic E-state index is 0.102. The van der Waals surface area contributed by atoms with Gasteiger partial charge in [-0.3, -0.25) is 9.59 Å². The molecule has 0 aromatic heterocycles. The Morgan fingerprint density at radius 3 is 2.03 bits per heavy atom. The van der Waals surface area contributed by atoms with Crippen LogP contribution in [0.3, 0.4) is 0 Å². The molecule has 0 spiro atoms. The average molecular weight is 421 g/mol. The zero-order chi connectivity index (χ0) is 22.4. The Hall–Kier alpha value is -2.62. The molecule has 2 aromatic carbocycles. The number of rotatable bonds is 7. The maximum Gasteiger partial charge on any atom is 0.226 e. The smallest absolute Gasteiger partial charge is 0.226 e. The Bertz CT molecular complexity index is 864. The van der Waals surface area contributed by atoms with Gasteiger partial charge in [0.2, 0.25) is 11.8 Å². The molecule has 3 rings (SSSR count). The summed E-state index contributed by atoms with van der Waals surface area (Å²) in [6, 6.07) is 19.0. The summed E-state index contributed by atoms with van der Waals surface area (Å²) in [7, 11) is 0. The van der Waals surface area contributed by atoms with E-state index in [1.165, 1.54) is 16.7 Å². The van der Waals surface area contributed by atoms with E-state index in [-0.39, 0.29) is 17.9 Å². The largest absolute Gasteiger partial charge is 0.353 e. The van der Waals surface area contributed by atoms with Gasteiger partial charge in [0, 0.05) is 25.6 Å². The van der Waals surface area contributed by atoms with Gasteiger partial charge in [-0.15, -0.1) is 0 Å². The maximum absolute atomic E-state index is 13.3. The van der Waals surface area contributed by atoms with Crippen LogP contribution in [-0.2, 0) is 16.0 Å². The third kappa shape index (κ3) is 5.96. The summed E-state index contributed by atoms with van der Waals surface area (Å²) in [6.45, 7) is 9.45. The van der Waals surface area contributed by atoms with Crippen molar-refractivity contribution in [3.8, 4) is 11.1 Å². The Morgan fingerprint density at radius 1 is 0.903 bits per heavy atom. The van der Waals surface area contributed by atoms with E-state index in [4.69, 9.17) is 0 Å². The second-order valence-corrected chi connectivity index (χ2v) is 9.63. The number of carbonyl (C=O) groups excluding carboxylic acids is 2. The van der Waals surface area contributed by atoms with Crippen molar-refractivity contribution in [3.05, 3.63) is 60.2 Å². The summed E-state index contributed by atoms with van der Waals surface area (Å²) >= 11 is 0. The fourth-order valence-corrected chi connectivity index (χ4v) is 4.40. The quantitative estimate of drug-likeness (QED) is 0.679. The lowest BCUT2D eigenvalue weighted by atomic mass is 9.72. The molecule has 0 bridgehead atoms. The molecule has 2 aromatic rings. The van der Waals surface area contributed by atoms with E-state index in [1.54, 1.807) is 0 Å². The molecule has 0 saturated carbocycles. The second-order valence-electron chi connectivity index (χ2n) is 9.63. The van der Waals surface area contributed by atoms with Crippen LogP contribution in [0.25, 0.3) is 11.1 Å². The van der Waals surface area contributed by atoms with Gasteiger partial charge >= 0.3 is 0 Å². The molecule has 1 heterocycles. The molecular formula is C27H36N2O2. The highest BCUT2D eigenvalue weighted by atomic mass is 16.2. The lowest BCUT2D eigenvalue weighted by Crippen LogP contribution is -2.52. The van der Waals surface area contributed by atoms with Crippen LogP contribution in [0.1, 0.15) is 52.5 Å². The SMILES string of the molecule is CC(C)CC(=O)N1CCC(Cc2ccc(-c3ccccc3)cc2)(C(=O)NC(C)C)CC1. The van der Waals surface area contributed by atoms with E-state index >= 15 is 0 Å². The van der Waals surface area contributed by atoms with Crippen molar-refractivity contribution in [1.29, 1.82) is 0 Å². The Balaban J connectivity index is 1.76. The lowest BCUT2D eigenvalue weighted by Gasteiger charge is -2.41. The first-order valence-electron chi connectivity index (χ1n) is 11.5. The zero-order valence-corrected chi connectivity index (χ0v) is 19.4. The summed E-state index contributed by atoms with van der Waals surface area (Å²) in [6.07, 6.45) is 2.69. The molecule has 4 heteroatoms. The van der Waals surface area contributed by atoms with Crippen molar-refractivity contribution in [2.45, 2.75) is 59.4 Å². The van der Waals surface area contributed by atoms with Crippen LogP contribution in [0.4, 0.5) is 0 Å². The highest BCUT2D eigenvalue weighted by Gasteiger charge is 2.42. The molecule has 1 aliphatic heterocycles. The highest BCUT2D eigenvalue weighted by Crippen LogP contribution is 2.36. The summed E-state index contributed by atoms with van der Waals surface area (Å²) in [4.78, 5) is 27.7. The molecule has 2 amide bonds. The first-order valence-corrected chi connectivity index (χ1v) is 11.5. The van der Waals surface area contributed by atoms with Crippen molar-refractivity contribution in [2.24, 2.45) is 11.3 Å². The lowest BCUT2D eigenvalue weighted by molar-refractivity contribution is -0.141. The fraction of sp³-hybridized carbons (Fsp3) is 0.481. The monoisotopic (exact) mass is 420 g/mol. The minimum atomic E-state index is -0.465. The summed E-state index contributed by atoms with van der Waals surface area (Å²) in [5.74, 6) is 0.678. The first-order chi connectivity index (χ1) is 14.8. The molecule has 166 valence electrons. The van der Waals surface area contributed by atoms with E-state index in [0.717, 1.165) is 0 Å². The molecule has 0 atom stereocenters. The van der Waals surface area contributed by atoms with E-state index in [1.807, 2.05) is 36.9 Å². The second kappa shape index (κ2) is 10.1. The van der Waals surface area contributed by atoms with E-state index < -0.39 is 5.41 Å². The van der Waals surface area contributed by atoms with Gasteiger partial charge < -0.3 is 10.2 Å². The van der Waals surface area contributed by atoms with Gasteiger partial charge in [-0.1, -0.05) is 68.4 Å². The van der Waals surface area contributed by atoms with Crippen LogP contribution in [0.15, 0.2) is 54.6 Å². The number of likely N-dealkylation sites (tertiary alicyclic amines) is 1. The summed E-state index contributed by atoms with van der Waals surface area (Å²) < 4.78 is 0. The number of nitrogens with one attached hydrogen (secondary N) is 1. The average Bonchev–Trinajstić information content (AvgIpc) is 2.74. The van der Waals surface area contributed by atoms with Crippen LogP contribution >= 0.6 is 0 Å². The standard InChI is InChI=1S/C27H36N2O2/c1-20(2)18-25(30)29-16-14-27(15-17-29,26(31)28-21(3)4)19-22-10-12-24(13-11-22)23-8-6-5-7-9-23/h5-13,20-21H,14-19H2,1-4H3,(H,28,31). The summed E-state index contributed by atoms with van der Waals surface area (Å²) in [5, 5.41) is 3.14. The van der Waals surface area contributed by atoms with Crippen LogP contribution in [-0.4, -0.2) is 35.8 Å². The topological polar surface area (TPSA) is 49.4 Å². The number of hydrogen-bond donors (Lipinski definition) is 1. The normalized spacial score (nSPS) is 15.9. The van der Waals surface area contributed by atoms with Crippen LogP contribution < -0.4 is 5.32 Å². The van der Waals surface area contributed by atoms with Crippen LogP contribution in [0.5, 0.6) is 0 Å². The molecule has 31 heavy (non-hydrogen) atoms. The predicted octanol–water partition coefficient (Wildman–Crippen LogP) is 5.08. The number of hydrogen-bond acceptors (Lipinski definition) is 2. The van der Waals surface area contributed by atoms with Crippen molar-refractivity contribution >= 4 is 11.8 Å².